The summed E-state index contributed by atoms with van der Waals surface area (Å²) in [6, 6.07) is 5.54. The average Bonchev–Trinajstić information content (AvgIpc) is 2.18. The lowest BCUT2D eigenvalue weighted by Crippen LogP contribution is -2.25. The molecule has 1 amide bonds. The lowest BCUT2D eigenvalue weighted by molar-refractivity contribution is 0.0955. The highest BCUT2D eigenvalue weighted by Crippen LogP contribution is 2.21. The summed E-state index contributed by atoms with van der Waals surface area (Å²) in [6.07, 6.45) is 0. The third kappa shape index (κ3) is 3.51. The third-order valence-corrected chi connectivity index (χ3v) is 3.28. The number of hydrogen-bond acceptors (Lipinski definition) is 1. The number of rotatable bonds is 3. The van der Waals surface area contributed by atoms with Crippen LogP contribution in [-0.4, -0.2) is 16.9 Å². The van der Waals surface area contributed by atoms with Crippen LogP contribution in [0.15, 0.2) is 27.1 Å². The summed E-state index contributed by atoms with van der Waals surface area (Å²) in [4.78, 5) is 11.6. The first-order valence-electron chi connectivity index (χ1n) is 3.94. The number of carbonyl (C=O) groups excluding carboxylic acids is 1. The molecule has 0 atom stereocenters. The highest BCUT2D eigenvalue weighted by Gasteiger charge is 2.09. The minimum absolute atomic E-state index is 0.0464. The molecule has 1 aromatic rings. The fraction of sp³-hybridized carbons (Fsp3) is 0.222. The first-order chi connectivity index (χ1) is 6.65. The Kier molecular flexibility index (Phi) is 5.40. The molecule has 0 heterocycles. The van der Waals surface area contributed by atoms with Gasteiger partial charge < -0.3 is 5.32 Å². The zero-order valence-corrected chi connectivity index (χ0v) is 12.5. The van der Waals surface area contributed by atoms with Crippen LogP contribution in [0.25, 0.3) is 0 Å². The normalized spacial score (nSPS) is 9.93. The zero-order chi connectivity index (χ0) is 10.6. The maximum absolute atomic E-state index is 11.6. The molecular weight excluding hydrogens is 425 g/mol. The monoisotopic (exact) mass is 431 g/mol. The van der Waals surface area contributed by atoms with Crippen LogP contribution >= 0.6 is 54.5 Å². The van der Waals surface area contributed by atoms with E-state index in [0.29, 0.717) is 12.1 Å². The quantitative estimate of drug-likeness (QED) is 0.576. The van der Waals surface area contributed by atoms with Crippen molar-refractivity contribution in [2.45, 2.75) is 0 Å². The Hall–Kier alpha value is 0.380. The number of halogens is 3. The second kappa shape index (κ2) is 6.07. The molecule has 14 heavy (non-hydrogen) atoms. The molecule has 0 aliphatic rings. The fourth-order valence-electron chi connectivity index (χ4n) is 0.928. The number of alkyl halides is 1. The molecule has 0 aliphatic carbocycles. The summed E-state index contributed by atoms with van der Waals surface area (Å²) in [5.74, 6) is -0.0464. The van der Waals surface area contributed by atoms with Crippen LogP contribution in [0.2, 0.25) is 0 Å². The molecule has 0 fully saturated rings. The molecule has 2 nitrogen and oxygen atoms in total. The Labute approximate surface area is 113 Å². The van der Waals surface area contributed by atoms with E-state index in [1.165, 1.54) is 0 Å². The maximum atomic E-state index is 11.6. The van der Waals surface area contributed by atoms with Gasteiger partial charge in [0.05, 0.1) is 5.56 Å². The van der Waals surface area contributed by atoms with Gasteiger partial charge in [-0.2, -0.15) is 0 Å². The Morgan fingerprint density at radius 3 is 2.79 bits per heavy atom. The van der Waals surface area contributed by atoms with Gasteiger partial charge in [0, 0.05) is 19.9 Å². The van der Waals surface area contributed by atoms with Crippen molar-refractivity contribution in [2.75, 3.05) is 11.0 Å². The molecule has 0 saturated carbocycles. The van der Waals surface area contributed by atoms with Gasteiger partial charge in [-0.05, 0) is 34.1 Å². The smallest absolute Gasteiger partial charge is 0.252 e. The Balaban J connectivity index is 2.83. The van der Waals surface area contributed by atoms with Crippen molar-refractivity contribution in [1.29, 1.82) is 0 Å². The molecule has 0 radical (unpaired) electrons. The summed E-state index contributed by atoms with van der Waals surface area (Å²) in [5.41, 5.74) is 0.657. The summed E-state index contributed by atoms with van der Waals surface area (Å²) in [7, 11) is 0. The zero-order valence-electron chi connectivity index (χ0n) is 7.19. The molecule has 0 saturated heterocycles. The second-order valence-electron chi connectivity index (χ2n) is 2.57. The molecule has 1 aromatic carbocycles. The molecule has 0 spiro atoms. The Bertz CT molecular complexity index is 344. The maximum Gasteiger partial charge on any atom is 0.252 e. The van der Waals surface area contributed by atoms with Crippen LogP contribution in [-0.2, 0) is 0 Å². The van der Waals surface area contributed by atoms with Crippen LogP contribution in [0.1, 0.15) is 10.4 Å². The van der Waals surface area contributed by atoms with Crippen molar-refractivity contribution in [3.63, 3.8) is 0 Å². The van der Waals surface area contributed by atoms with E-state index >= 15 is 0 Å². The second-order valence-corrected chi connectivity index (χ2v) is 5.42. The predicted octanol–water partition coefficient (Wildman–Crippen LogP) is 3.38. The van der Waals surface area contributed by atoms with E-state index < -0.39 is 0 Å². The van der Waals surface area contributed by atoms with Crippen molar-refractivity contribution in [1.82, 2.24) is 5.32 Å². The van der Waals surface area contributed by atoms with E-state index in [2.05, 4.69) is 59.8 Å². The average molecular weight is 433 g/mol. The minimum Gasteiger partial charge on any atom is -0.351 e. The molecule has 0 unspecified atom stereocenters. The first-order valence-corrected chi connectivity index (χ1v) is 7.05. The predicted molar refractivity (Wildman–Crippen MR) is 73.1 cm³/mol. The standard InChI is InChI=1S/C9H8Br2INO/c10-6-1-2-8(11)7(5-6)9(14)13-4-3-12/h1-2,5H,3-4H2,(H,13,14). The van der Waals surface area contributed by atoms with Gasteiger partial charge in [0.15, 0.2) is 0 Å². The van der Waals surface area contributed by atoms with Gasteiger partial charge in [0.25, 0.3) is 5.91 Å². The number of hydrogen-bond donors (Lipinski definition) is 1. The van der Waals surface area contributed by atoms with E-state index in [4.69, 9.17) is 0 Å². The topological polar surface area (TPSA) is 29.1 Å². The highest BCUT2D eigenvalue weighted by atomic mass is 127. The van der Waals surface area contributed by atoms with Gasteiger partial charge in [-0.25, -0.2) is 0 Å². The van der Waals surface area contributed by atoms with Crippen molar-refractivity contribution < 1.29 is 4.79 Å². The van der Waals surface area contributed by atoms with E-state index in [0.717, 1.165) is 13.4 Å². The van der Waals surface area contributed by atoms with Crippen LogP contribution in [0.3, 0.4) is 0 Å². The Morgan fingerprint density at radius 1 is 1.43 bits per heavy atom. The van der Waals surface area contributed by atoms with Crippen LogP contribution in [0, 0.1) is 0 Å². The summed E-state index contributed by atoms with van der Waals surface area (Å²) < 4.78 is 2.63. The van der Waals surface area contributed by atoms with Gasteiger partial charge in [-0.3, -0.25) is 4.79 Å². The molecule has 76 valence electrons. The number of carbonyl (C=O) groups is 1. The lowest BCUT2D eigenvalue weighted by Gasteiger charge is -2.05. The van der Waals surface area contributed by atoms with Crippen molar-refractivity contribution in [2.24, 2.45) is 0 Å². The fourth-order valence-corrected chi connectivity index (χ4v) is 1.98. The molecule has 5 heteroatoms. The number of nitrogens with one attached hydrogen (secondary N) is 1. The van der Waals surface area contributed by atoms with Gasteiger partial charge in [0.2, 0.25) is 0 Å². The molecular formula is C9H8Br2INO. The van der Waals surface area contributed by atoms with Crippen LogP contribution in [0.5, 0.6) is 0 Å². The van der Waals surface area contributed by atoms with E-state index in [1.807, 2.05) is 12.1 Å². The molecule has 0 aromatic heterocycles. The highest BCUT2D eigenvalue weighted by molar-refractivity contribution is 14.1. The Morgan fingerprint density at radius 2 is 2.14 bits per heavy atom. The van der Waals surface area contributed by atoms with Gasteiger partial charge in [-0.15, -0.1) is 0 Å². The molecule has 1 N–H and O–H groups in total. The lowest BCUT2D eigenvalue weighted by atomic mass is 10.2. The molecule has 1 rings (SSSR count). The van der Waals surface area contributed by atoms with Crippen molar-refractivity contribution >= 4 is 60.4 Å². The van der Waals surface area contributed by atoms with Crippen molar-refractivity contribution in [3.8, 4) is 0 Å². The van der Waals surface area contributed by atoms with Gasteiger partial charge >= 0.3 is 0 Å². The first kappa shape index (κ1) is 12.4. The van der Waals surface area contributed by atoms with E-state index in [-0.39, 0.29) is 5.91 Å². The van der Waals surface area contributed by atoms with E-state index in [1.54, 1.807) is 6.07 Å². The van der Waals surface area contributed by atoms with Crippen molar-refractivity contribution in [3.05, 3.63) is 32.7 Å². The largest absolute Gasteiger partial charge is 0.351 e. The number of benzene rings is 1. The summed E-state index contributed by atoms with van der Waals surface area (Å²) in [6.45, 7) is 0.693. The van der Waals surface area contributed by atoms with Crippen LogP contribution < -0.4 is 5.32 Å². The minimum atomic E-state index is -0.0464. The third-order valence-electron chi connectivity index (χ3n) is 1.55. The SMILES string of the molecule is O=C(NCCI)c1cc(Br)ccc1Br. The van der Waals surface area contributed by atoms with Gasteiger partial charge in [0.1, 0.15) is 0 Å². The molecule has 0 bridgehead atoms. The van der Waals surface area contributed by atoms with E-state index in [9.17, 15) is 4.79 Å². The summed E-state index contributed by atoms with van der Waals surface area (Å²) in [5, 5.41) is 2.82. The number of amides is 1. The molecule has 0 aliphatic heterocycles. The van der Waals surface area contributed by atoms with Gasteiger partial charge in [-0.1, -0.05) is 38.5 Å². The summed E-state index contributed by atoms with van der Waals surface area (Å²) >= 11 is 8.89. The van der Waals surface area contributed by atoms with Crippen LogP contribution in [0.4, 0.5) is 0 Å².